The Kier molecular flexibility index (Phi) is 4.79. The summed E-state index contributed by atoms with van der Waals surface area (Å²) in [6.07, 6.45) is 1.02. The van der Waals surface area contributed by atoms with Crippen LogP contribution < -0.4 is 4.74 Å². The molecule has 0 saturated carbocycles. The predicted octanol–water partition coefficient (Wildman–Crippen LogP) is 4.29. The predicted molar refractivity (Wildman–Crippen MR) is 81.3 cm³/mol. The molecule has 20 heavy (non-hydrogen) atoms. The molecule has 0 radical (unpaired) electrons. The molecular formula is C16H15BrO3. The van der Waals surface area contributed by atoms with Crippen LogP contribution in [0.25, 0.3) is 0 Å². The lowest BCUT2D eigenvalue weighted by Crippen LogP contribution is -1.99. The van der Waals surface area contributed by atoms with Crippen molar-refractivity contribution in [3.05, 3.63) is 63.6 Å². The van der Waals surface area contributed by atoms with Gasteiger partial charge in [-0.25, -0.2) is 4.79 Å². The van der Waals surface area contributed by atoms with Crippen LogP contribution in [0, 0.1) is 0 Å². The molecule has 2 aromatic rings. The number of hydrogen-bond donors (Lipinski definition) is 1. The second-order valence-electron chi connectivity index (χ2n) is 4.41. The molecule has 0 aliphatic carbocycles. The molecule has 0 aromatic heterocycles. The lowest BCUT2D eigenvalue weighted by atomic mass is 10.1. The normalized spacial score (nSPS) is 10.3. The van der Waals surface area contributed by atoms with Gasteiger partial charge in [0.05, 0.1) is 10.0 Å². The first-order valence-electron chi connectivity index (χ1n) is 6.33. The fraction of sp³-hybridized carbons (Fsp3) is 0.188. The molecule has 104 valence electrons. The van der Waals surface area contributed by atoms with E-state index in [9.17, 15) is 4.79 Å². The van der Waals surface area contributed by atoms with Gasteiger partial charge in [-0.15, -0.1) is 0 Å². The first-order chi connectivity index (χ1) is 9.60. The van der Waals surface area contributed by atoms with Gasteiger partial charge >= 0.3 is 5.97 Å². The number of carboxylic acids is 1. The van der Waals surface area contributed by atoms with E-state index in [2.05, 4.69) is 35.0 Å². The number of carboxylic acid groups (broad SMARTS) is 1. The molecule has 0 bridgehead atoms. The van der Waals surface area contributed by atoms with Crippen molar-refractivity contribution in [3.8, 4) is 5.75 Å². The van der Waals surface area contributed by atoms with Crippen molar-refractivity contribution in [3.63, 3.8) is 0 Å². The van der Waals surface area contributed by atoms with Gasteiger partial charge in [-0.3, -0.25) is 0 Å². The fourth-order valence-corrected chi connectivity index (χ4v) is 2.28. The molecule has 0 atom stereocenters. The smallest absolute Gasteiger partial charge is 0.335 e. The first kappa shape index (κ1) is 14.6. The number of hydrogen-bond acceptors (Lipinski definition) is 2. The highest BCUT2D eigenvalue weighted by molar-refractivity contribution is 9.10. The lowest BCUT2D eigenvalue weighted by molar-refractivity contribution is 0.0696. The van der Waals surface area contributed by atoms with E-state index in [1.54, 1.807) is 6.07 Å². The van der Waals surface area contributed by atoms with Crippen LogP contribution in [0.3, 0.4) is 0 Å². The molecule has 4 heteroatoms. The van der Waals surface area contributed by atoms with Gasteiger partial charge in [-0.1, -0.05) is 31.2 Å². The maximum Gasteiger partial charge on any atom is 0.335 e. The third kappa shape index (κ3) is 3.61. The van der Waals surface area contributed by atoms with Crippen LogP contribution in [-0.2, 0) is 13.0 Å². The van der Waals surface area contributed by atoms with Gasteiger partial charge in [0.25, 0.3) is 0 Å². The average Bonchev–Trinajstić information content (AvgIpc) is 2.46. The van der Waals surface area contributed by atoms with E-state index >= 15 is 0 Å². The van der Waals surface area contributed by atoms with E-state index in [1.165, 1.54) is 17.7 Å². The third-order valence-electron chi connectivity index (χ3n) is 3.00. The summed E-state index contributed by atoms with van der Waals surface area (Å²) in [7, 11) is 0. The van der Waals surface area contributed by atoms with Crippen molar-refractivity contribution in [1.82, 2.24) is 0 Å². The Morgan fingerprint density at radius 1 is 1.15 bits per heavy atom. The van der Waals surface area contributed by atoms with Crippen LogP contribution in [-0.4, -0.2) is 11.1 Å². The Balaban J connectivity index is 2.04. The van der Waals surface area contributed by atoms with Gasteiger partial charge in [-0.05, 0) is 51.7 Å². The van der Waals surface area contributed by atoms with Crippen molar-refractivity contribution >= 4 is 21.9 Å². The Morgan fingerprint density at radius 3 is 2.35 bits per heavy atom. The summed E-state index contributed by atoms with van der Waals surface area (Å²) in [5.41, 5.74) is 2.61. The number of aryl methyl sites for hydroxylation is 1. The van der Waals surface area contributed by atoms with Crippen LogP contribution >= 0.6 is 15.9 Å². The summed E-state index contributed by atoms with van der Waals surface area (Å²) in [4.78, 5) is 10.8. The van der Waals surface area contributed by atoms with Gasteiger partial charge in [0.1, 0.15) is 12.4 Å². The largest absolute Gasteiger partial charge is 0.488 e. The highest BCUT2D eigenvalue weighted by Crippen LogP contribution is 2.26. The van der Waals surface area contributed by atoms with Crippen molar-refractivity contribution in [2.75, 3.05) is 0 Å². The van der Waals surface area contributed by atoms with Crippen molar-refractivity contribution in [2.45, 2.75) is 20.0 Å². The molecule has 0 spiro atoms. The zero-order valence-corrected chi connectivity index (χ0v) is 12.7. The summed E-state index contributed by atoms with van der Waals surface area (Å²) in [6.45, 7) is 2.57. The number of aromatic carboxylic acids is 1. The summed E-state index contributed by atoms with van der Waals surface area (Å²) in [5.74, 6) is -0.318. The zero-order chi connectivity index (χ0) is 14.5. The second kappa shape index (κ2) is 6.57. The topological polar surface area (TPSA) is 46.5 Å². The maximum atomic E-state index is 10.8. The zero-order valence-electron chi connectivity index (χ0n) is 11.1. The standard InChI is InChI=1S/C16H15BrO3/c1-2-11-3-5-12(6-4-11)10-20-15-8-7-13(16(18)19)9-14(15)17/h3-9H,2,10H2,1H3,(H,18,19). The fourth-order valence-electron chi connectivity index (χ4n) is 1.78. The maximum absolute atomic E-state index is 10.8. The molecule has 0 heterocycles. The van der Waals surface area contributed by atoms with E-state index in [1.807, 2.05) is 12.1 Å². The quantitative estimate of drug-likeness (QED) is 0.887. The van der Waals surface area contributed by atoms with E-state index in [0.29, 0.717) is 16.8 Å². The van der Waals surface area contributed by atoms with E-state index < -0.39 is 5.97 Å². The van der Waals surface area contributed by atoms with Gasteiger partial charge < -0.3 is 9.84 Å². The molecule has 0 unspecified atom stereocenters. The average molecular weight is 335 g/mol. The SMILES string of the molecule is CCc1ccc(COc2ccc(C(=O)O)cc2Br)cc1. The second-order valence-corrected chi connectivity index (χ2v) is 5.26. The van der Waals surface area contributed by atoms with Crippen LogP contribution in [0.5, 0.6) is 5.75 Å². The minimum absolute atomic E-state index is 0.233. The van der Waals surface area contributed by atoms with Gasteiger partial charge in [0, 0.05) is 0 Å². The van der Waals surface area contributed by atoms with Gasteiger partial charge in [0.2, 0.25) is 0 Å². The van der Waals surface area contributed by atoms with Crippen LogP contribution in [0.15, 0.2) is 46.9 Å². The van der Waals surface area contributed by atoms with Gasteiger partial charge in [0.15, 0.2) is 0 Å². The molecule has 0 aliphatic rings. The number of benzene rings is 2. The molecule has 3 nitrogen and oxygen atoms in total. The van der Waals surface area contributed by atoms with Crippen molar-refractivity contribution in [2.24, 2.45) is 0 Å². The van der Waals surface area contributed by atoms with Gasteiger partial charge in [-0.2, -0.15) is 0 Å². The first-order valence-corrected chi connectivity index (χ1v) is 7.13. The highest BCUT2D eigenvalue weighted by Gasteiger charge is 2.07. The Bertz CT molecular complexity index is 606. The Hall–Kier alpha value is -1.81. The minimum atomic E-state index is -0.951. The third-order valence-corrected chi connectivity index (χ3v) is 3.62. The summed E-state index contributed by atoms with van der Waals surface area (Å²) >= 11 is 3.32. The Morgan fingerprint density at radius 2 is 1.80 bits per heavy atom. The Labute approximate surface area is 126 Å². The van der Waals surface area contributed by atoms with Crippen LogP contribution in [0.2, 0.25) is 0 Å². The lowest BCUT2D eigenvalue weighted by Gasteiger charge is -2.09. The van der Waals surface area contributed by atoms with Crippen LogP contribution in [0.4, 0.5) is 0 Å². The highest BCUT2D eigenvalue weighted by atomic mass is 79.9. The van der Waals surface area contributed by atoms with Crippen LogP contribution in [0.1, 0.15) is 28.4 Å². The molecule has 2 rings (SSSR count). The summed E-state index contributed by atoms with van der Waals surface area (Å²) in [5, 5.41) is 8.90. The minimum Gasteiger partial charge on any atom is -0.488 e. The van der Waals surface area contributed by atoms with E-state index in [-0.39, 0.29) is 5.56 Å². The number of rotatable bonds is 5. The molecule has 2 aromatic carbocycles. The molecule has 0 aliphatic heterocycles. The molecule has 0 saturated heterocycles. The summed E-state index contributed by atoms with van der Waals surface area (Å²) < 4.78 is 6.33. The number of ether oxygens (including phenoxy) is 1. The van der Waals surface area contributed by atoms with Crippen molar-refractivity contribution < 1.29 is 14.6 Å². The van der Waals surface area contributed by atoms with E-state index in [0.717, 1.165) is 12.0 Å². The molecule has 1 N–H and O–H groups in total. The van der Waals surface area contributed by atoms with E-state index in [4.69, 9.17) is 9.84 Å². The monoisotopic (exact) mass is 334 g/mol. The molecular weight excluding hydrogens is 320 g/mol. The molecule has 0 amide bonds. The van der Waals surface area contributed by atoms with Crippen molar-refractivity contribution in [1.29, 1.82) is 0 Å². The molecule has 0 fully saturated rings. The number of carbonyl (C=O) groups is 1. The summed E-state index contributed by atoms with van der Waals surface area (Å²) in [6, 6.07) is 13.0. The number of halogens is 1.